The van der Waals surface area contributed by atoms with E-state index < -0.39 is 16.6 Å². The van der Waals surface area contributed by atoms with Crippen molar-refractivity contribution >= 4 is 17.3 Å². The smallest absolute Gasteiger partial charge is 0.270 e. The molecule has 0 saturated heterocycles. The maximum absolute atomic E-state index is 11.7. The Morgan fingerprint density at radius 3 is 2.50 bits per heavy atom. The molecule has 5 heteroatoms. The van der Waals surface area contributed by atoms with Crippen LogP contribution in [0.15, 0.2) is 24.3 Å². The molecule has 0 radical (unpaired) electrons. The summed E-state index contributed by atoms with van der Waals surface area (Å²) in [6, 6.07) is 5.38. The van der Waals surface area contributed by atoms with Gasteiger partial charge < -0.3 is 0 Å². The highest BCUT2D eigenvalue weighted by molar-refractivity contribution is 6.09. The highest BCUT2D eigenvalue weighted by Gasteiger charge is 2.20. The van der Waals surface area contributed by atoms with Crippen LogP contribution in [0, 0.1) is 16.0 Å². The minimum atomic E-state index is -0.762. The van der Waals surface area contributed by atoms with Crippen molar-refractivity contribution in [3.8, 4) is 0 Å². The predicted molar refractivity (Wildman–Crippen MR) is 57.3 cm³/mol. The first-order valence-corrected chi connectivity index (χ1v) is 4.72. The number of Topliss-reactive ketones (excluding diaryl/α,β-unsaturated/α-hetero) is 2. The quantitative estimate of drug-likeness (QED) is 0.337. The Morgan fingerprint density at radius 1 is 1.38 bits per heavy atom. The van der Waals surface area contributed by atoms with E-state index in [1.165, 1.54) is 38.1 Å². The zero-order valence-corrected chi connectivity index (χ0v) is 8.97. The monoisotopic (exact) mass is 221 g/mol. The topological polar surface area (TPSA) is 77.3 Å². The fourth-order valence-corrected chi connectivity index (χ4v) is 1.21. The molecular formula is C11H11NO4. The number of ketones is 2. The van der Waals surface area contributed by atoms with Crippen LogP contribution in [0.1, 0.15) is 24.2 Å². The van der Waals surface area contributed by atoms with Gasteiger partial charge >= 0.3 is 0 Å². The minimum absolute atomic E-state index is 0.151. The van der Waals surface area contributed by atoms with Crippen molar-refractivity contribution in [3.63, 3.8) is 0 Å². The molecule has 84 valence electrons. The van der Waals surface area contributed by atoms with Crippen molar-refractivity contribution < 1.29 is 14.5 Å². The van der Waals surface area contributed by atoms with Gasteiger partial charge in [0.25, 0.3) is 5.69 Å². The fraction of sp³-hybridized carbons (Fsp3) is 0.273. The number of rotatable bonds is 4. The Kier molecular flexibility index (Phi) is 3.50. The molecule has 0 aliphatic rings. The maximum atomic E-state index is 11.7. The molecule has 0 amide bonds. The summed E-state index contributed by atoms with van der Waals surface area (Å²) >= 11 is 0. The summed E-state index contributed by atoms with van der Waals surface area (Å²) in [5.41, 5.74) is 0.0403. The molecule has 1 aromatic rings. The van der Waals surface area contributed by atoms with Gasteiger partial charge in [-0.25, -0.2) is 0 Å². The number of non-ortho nitro benzene ring substituents is 1. The van der Waals surface area contributed by atoms with Crippen LogP contribution in [-0.4, -0.2) is 16.5 Å². The molecule has 0 spiro atoms. The highest BCUT2D eigenvalue weighted by atomic mass is 16.6. The van der Waals surface area contributed by atoms with Crippen LogP contribution in [0.3, 0.4) is 0 Å². The fourth-order valence-electron chi connectivity index (χ4n) is 1.21. The molecule has 0 bridgehead atoms. The van der Waals surface area contributed by atoms with Gasteiger partial charge in [-0.2, -0.15) is 0 Å². The lowest BCUT2D eigenvalue weighted by Crippen LogP contribution is -2.18. The largest absolute Gasteiger partial charge is 0.299 e. The van der Waals surface area contributed by atoms with E-state index in [2.05, 4.69) is 0 Å². The molecule has 0 N–H and O–H groups in total. The molecule has 1 aromatic carbocycles. The van der Waals surface area contributed by atoms with E-state index in [9.17, 15) is 19.7 Å². The lowest BCUT2D eigenvalue weighted by atomic mass is 9.96. The van der Waals surface area contributed by atoms with Gasteiger partial charge in [-0.3, -0.25) is 19.7 Å². The van der Waals surface area contributed by atoms with E-state index >= 15 is 0 Å². The molecule has 0 saturated carbocycles. The number of benzene rings is 1. The standard InChI is InChI=1S/C11H11NO4/c1-7(8(2)13)11(14)9-4-3-5-10(6-9)12(15)16/h3-7H,1-2H3. The first kappa shape index (κ1) is 12.0. The zero-order chi connectivity index (χ0) is 12.3. The summed E-state index contributed by atoms with van der Waals surface area (Å²) in [6.07, 6.45) is 0. The molecule has 0 aliphatic heterocycles. The number of hydrogen-bond acceptors (Lipinski definition) is 4. The number of nitrogens with zero attached hydrogens (tertiary/aromatic N) is 1. The van der Waals surface area contributed by atoms with Crippen LogP contribution in [0.2, 0.25) is 0 Å². The predicted octanol–water partition coefficient (Wildman–Crippen LogP) is 2.00. The SMILES string of the molecule is CC(=O)C(C)C(=O)c1cccc([N+](=O)[O-])c1. The molecule has 1 unspecified atom stereocenters. The highest BCUT2D eigenvalue weighted by Crippen LogP contribution is 2.16. The number of carbonyl (C=O) groups is 2. The third kappa shape index (κ3) is 2.50. The van der Waals surface area contributed by atoms with Gasteiger partial charge in [0, 0.05) is 17.7 Å². The Morgan fingerprint density at radius 2 is 2.00 bits per heavy atom. The number of nitro benzene ring substituents is 1. The van der Waals surface area contributed by atoms with Crippen molar-refractivity contribution in [1.82, 2.24) is 0 Å². The van der Waals surface area contributed by atoms with E-state index in [-0.39, 0.29) is 17.0 Å². The van der Waals surface area contributed by atoms with Crippen molar-refractivity contribution in [2.24, 2.45) is 5.92 Å². The van der Waals surface area contributed by atoms with Gasteiger partial charge in [0.05, 0.1) is 10.8 Å². The molecule has 1 atom stereocenters. The molecule has 0 heterocycles. The van der Waals surface area contributed by atoms with Crippen molar-refractivity contribution in [3.05, 3.63) is 39.9 Å². The van der Waals surface area contributed by atoms with E-state index in [1.807, 2.05) is 0 Å². The van der Waals surface area contributed by atoms with Gasteiger partial charge in [-0.15, -0.1) is 0 Å². The van der Waals surface area contributed by atoms with Crippen molar-refractivity contribution in [2.75, 3.05) is 0 Å². The second kappa shape index (κ2) is 4.65. The second-order valence-electron chi connectivity index (χ2n) is 3.50. The van der Waals surface area contributed by atoms with Crippen molar-refractivity contribution in [1.29, 1.82) is 0 Å². The number of carbonyl (C=O) groups excluding carboxylic acids is 2. The van der Waals surface area contributed by atoms with Gasteiger partial charge in [-0.1, -0.05) is 12.1 Å². The summed E-state index contributed by atoms with van der Waals surface area (Å²) in [5.74, 6) is -1.41. The van der Waals surface area contributed by atoms with E-state index in [4.69, 9.17) is 0 Å². The summed E-state index contributed by atoms with van der Waals surface area (Å²) in [6.45, 7) is 2.81. The third-order valence-corrected chi connectivity index (χ3v) is 2.34. The first-order chi connectivity index (χ1) is 7.43. The van der Waals surface area contributed by atoms with Gasteiger partial charge in [-0.05, 0) is 13.8 Å². The van der Waals surface area contributed by atoms with Gasteiger partial charge in [0.15, 0.2) is 5.78 Å². The summed E-state index contributed by atoms with van der Waals surface area (Å²) in [5, 5.41) is 10.5. The average Bonchev–Trinajstić information content (AvgIpc) is 2.27. The Hall–Kier alpha value is -2.04. The molecule has 0 fully saturated rings. The van der Waals surface area contributed by atoms with Crippen LogP contribution in [-0.2, 0) is 4.79 Å². The average molecular weight is 221 g/mol. The minimum Gasteiger partial charge on any atom is -0.299 e. The summed E-state index contributed by atoms with van der Waals surface area (Å²) in [4.78, 5) is 32.7. The third-order valence-electron chi connectivity index (χ3n) is 2.34. The van der Waals surface area contributed by atoms with Crippen LogP contribution in [0.25, 0.3) is 0 Å². The maximum Gasteiger partial charge on any atom is 0.270 e. The Bertz CT molecular complexity index is 453. The van der Waals surface area contributed by atoms with Gasteiger partial charge in [0.2, 0.25) is 0 Å². The Labute approximate surface area is 92.2 Å². The van der Waals surface area contributed by atoms with Crippen LogP contribution >= 0.6 is 0 Å². The van der Waals surface area contributed by atoms with Gasteiger partial charge in [0.1, 0.15) is 5.78 Å². The lowest BCUT2D eigenvalue weighted by Gasteiger charge is -2.05. The van der Waals surface area contributed by atoms with E-state index in [0.29, 0.717) is 0 Å². The second-order valence-corrected chi connectivity index (χ2v) is 3.50. The van der Waals surface area contributed by atoms with Crippen LogP contribution in [0.5, 0.6) is 0 Å². The number of hydrogen-bond donors (Lipinski definition) is 0. The molecule has 16 heavy (non-hydrogen) atoms. The van der Waals surface area contributed by atoms with E-state index in [0.717, 1.165) is 0 Å². The molecular weight excluding hydrogens is 210 g/mol. The van der Waals surface area contributed by atoms with E-state index in [1.54, 1.807) is 0 Å². The summed E-state index contributed by atoms with van der Waals surface area (Å²) < 4.78 is 0. The van der Waals surface area contributed by atoms with Crippen LogP contribution in [0.4, 0.5) is 5.69 Å². The first-order valence-electron chi connectivity index (χ1n) is 4.72. The zero-order valence-electron chi connectivity index (χ0n) is 8.97. The normalized spacial score (nSPS) is 11.9. The molecule has 5 nitrogen and oxygen atoms in total. The molecule has 0 aromatic heterocycles. The lowest BCUT2D eigenvalue weighted by molar-refractivity contribution is -0.384. The number of nitro groups is 1. The molecule has 0 aliphatic carbocycles. The Balaban J connectivity index is 3.05. The molecule has 1 rings (SSSR count). The van der Waals surface area contributed by atoms with Crippen molar-refractivity contribution in [2.45, 2.75) is 13.8 Å². The summed E-state index contributed by atoms with van der Waals surface area (Å²) in [7, 11) is 0. The van der Waals surface area contributed by atoms with Crippen LogP contribution < -0.4 is 0 Å².